The van der Waals surface area contributed by atoms with E-state index in [0.29, 0.717) is 6.61 Å². The molecule has 0 saturated carbocycles. The largest absolute Gasteiger partial charge is 0.494 e. The summed E-state index contributed by atoms with van der Waals surface area (Å²) >= 11 is 0. The Morgan fingerprint density at radius 3 is 1.31 bits per heavy atom. The van der Waals surface area contributed by atoms with E-state index in [9.17, 15) is 0 Å². The Morgan fingerprint density at radius 2 is 0.870 bits per heavy atom. The second kappa shape index (κ2) is 20.8. The van der Waals surface area contributed by atoms with E-state index in [1.54, 1.807) is 0 Å². The summed E-state index contributed by atoms with van der Waals surface area (Å²) in [4.78, 5) is 0. The van der Waals surface area contributed by atoms with Crippen molar-refractivity contribution in [3.63, 3.8) is 0 Å². The Labute approximate surface area is 322 Å². The average Bonchev–Trinajstić information content (AvgIpc) is 3.22. The van der Waals surface area contributed by atoms with E-state index in [0.717, 1.165) is 80.1 Å². The van der Waals surface area contributed by atoms with Crippen LogP contribution in [0.1, 0.15) is 91.7 Å². The lowest BCUT2D eigenvalue weighted by molar-refractivity contribution is 0.116. The Hall–Kier alpha value is -5.38. The maximum Gasteiger partial charge on any atom is 0.119 e. The Morgan fingerprint density at radius 1 is 0.444 bits per heavy atom. The molecule has 0 saturated heterocycles. The molecule has 3 heteroatoms. The van der Waals surface area contributed by atoms with Crippen molar-refractivity contribution in [2.24, 2.45) is 0 Å². The molecule has 6 aromatic rings. The van der Waals surface area contributed by atoms with Gasteiger partial charge in [-0.25, -0.2) is 0 Å². The number of ether oxygens (including phenoxy) is 3. The zero-order valence-electron chi connectivity index (χ0n) is 31.9. The molecule has 0 radical (unpaired) electrons. The predicted molar refractivity (Wildman–Crippen MR) is 232 cm³/mol. The number of unbranched alkanes of at least 4 members (excludes halogenated alkanes) is 6. The molecule has 0 spiro atoms. The van der Waals surface area contributed by atoms with Gasteiger partial charge in [0.1, 0.15) is 11.5 Å². The predicted octanol–water partition coefficient (Wildman–Crippen LogP) is 14.1. The minimum Gasteiger partial charge on any atom is -0.494 e. The summed E-state index contributed by atoms with van der Waals surface area (Å²) in [7, 11) is 0. The SMILES string of the molecule is C=Cc1ccc(COCCCCCCOc2ccc(/C=C/c3c4ccccc4c(/C=C/c4ccc(OCCCCCC)cc4)c4ccccc34)cc2)cc1. The van der Waals surface area contributed by atoms with Crippen molar-refractivity contribution in [3.05, 3.63) is 161 Å². The fraction of sp³-hybridized carbons (Fsp3) is 0.255. The maximum absolute atomic E-state index is 6.07. The molecular weight excluding hydrogens is 661 g/mol. The van der Waals surface area contributed by atoms with Gasteiger partial charge in [0.25, 0.3) is 0 Å². The van der Waals surface area contributed by atoms with E-state index in [4.69, 9.17) is 14.2 Å². The van der Waals surface area contributed by atoms with Crippen LogP contribution in [0.3, 0.4) is 0 Å². The van der Waals surface area contributed by atoms with Gasteiger partial charge in [0.15, 0.2) is 0 Å². The van der Waals surface area contributed by atoms with E-state index in [-0.39, 0.29) is 0 Å². The first-order valence-electron chi connectivity index (χ1n) is 19.8. The monoisotopic (exact) mass is 714 g/mol. The van der Waals surface area contributed by atoms with Crippen LogP contribution in [0.25, 0.3) is 51.9 Å². The van der Waals surface area contributed by atoms with Gasteiger partial charge >= 0.3 is 0 Å². The molecule has 0 aliphatic carbocycles. The van der Waals surface area contributed by atoms with E-state index in [1.807, 2.05) is 6.08 Å². The van der Waals surface area contributed by atoms with Gasteiger partial charge in [-0.1, -0.05) is 167 Å². The fourth-order valence-corrected chi connectivity index (χ4v) is 6.77. The van der Waals surface area contributed by atoms with Crippen molar-refractivity contribution in [2.75, 3.05) is 19.8 Å². The highest BCUT2D eigenvalue weighted by Crippen LogP contribution is 2.35. The number of fused-ring (bicyclic) bond motifs is 2. The molecule has 3 nitrogen and oxygen atoms in total. The summed E-state index contributed by atoms with van der Waals surface area (Å²) in [5.41, 5.74) is 7.09. The van der Waals surface area contributed by atoms with Crippen molar-refractivity contribution >= 4 is 51.9 Å². The highest BCUT2D eigenvalue weighted by molar-refractivity contribution is 6.14. The Balaban J connectivity index is 1.02. The zero-order chi connectivity index (χ0) is 37.2. The van der Waals surface area contributed by atoms with E-state index in [1.165, 1.54) is 57.5 Å². The van der Waals surface area contributed by atoms with Crippen LogP contribution in [0.4, 0.5) is 0 Å². The molecule has 0 amide bonds. The van der Waals surface area contributed by atoms with E-state index >= 15 is 0 Å². The highest BCUT2D eigenvalue weighted by atomic mass is 16.5. The molecule has 0 N–H and O–H groups in total. The summed E-state index contributed by atoms with van der Waals surface area (Å²) in [5, 5.41) is 4.96. The Bertz CT molecular complexity index is 2050. The third kappa shape index (κ3) is 11.1. The standard InChI is InChI=1S/C51H54O3/c1-3-5-6-14-37-53-44-30-24-41(25-31-44)28-34-50-46-16-9-11-18-48(46)51(49-19-12-10-17-47(49)50)35-29-42-26-32-45(33-27-42)54-38-15-8-7-13-36-52-39-43-22-20-40(4-2)21-23-43/h4,9-12,16-35H,2-3,5-8,13-15,36-39H2,1H3/b34-28+,35-29+. The van der Waals surface area contributed by atoms with Crippen LogP contribution in [-0.4, -0.2) is 19.8 Å². The maximum atomic E-state index is 6.07. The number of hydrogen-bond acceptors (Lipinski definition) is 3. The van der Waals surface area contributed by atoms with Gasteiger partial charge in [-0.3, -0.25) is 0 Å². The first kappa shape index (κ1) is 38.3. The van der Waals surface area contributed by atoms with Crippen LogP contribution < -0.4 is 9.47 Å². The van der Waals surface area contributed by atoms with Crippen molar-refractivity contribution in [2.45, 2.75) is 64.9 Å². The van der Waals surface area contributed by atoms with Gasteiger partial charge in [0.05, 0.1) is 19.8 Å². The quantitative estimate of drug-likeness (QED) is 0.0422. The first-order valence-corrected chi connectivity index (χ1v) is 19.8. The third-order valence-corrected chi connectivity index (χ3v) is 9.86. The van der Waals surface area contributed by atoms with Crippen molar-refractivity contribution in [1.82, 2.24) is 0 Å². The average molecular weight is 715 g/mol. The molecule has 0 bridgehead atoms. The lowest BCUT2D eigenvalue weighted by Gasteiger charge is -2.13. The second-order valence-electron chi connectivity index (χ2n) is 13.9. The first-order chi connectivity index (χ1) is 26.7. The second-order valence-corrected chi connectivity index (χ2v) is 13.9. The zero-order valence-corrected chi connectivity index (χ0v) is 31.9. The van der Waals surface area contributed by atoms with Gasteiger partial charge < -0.3 is 14.2 Å². The summed E-state index contributed by atoms with van der Waals surface area (Å²) in [6.07, 6.45) is 20.0. The minimum atomic E-state index is 0.662. The molecule has 0 fully saturated rings. The number of hydrogen-bond donors (Lipinski definition) is 0. The van der Waals surface area contributed by atoms with Crippen LogP contribution in [0, 0.1) is 0 Å². The molecule has 54 heavy (non-hydrogen) atoms. The van der Waals surface area contributed by atoms with Crippen LogP contribution in [-0.2, 0) is 11.3 Å². The molecule has 0 aromatic heterocycles. The summed E-state index contributed by atoms with van der Waals surface area (Å²) in [6, 6.07) is 42.7. The fourth-order valence-electron chi connectivity index (χ4n) is 6.77. The number of rotatable bonds is 21. The highest BCUT2D eigenvalue weighted by Gasteiger charge is 2.11. The third-order valence-electron chi connectivity index (χ3n) is 9.86. The molecule has 0 aliphatic heterocycles. The normalized spacial score (nSPS) is 11.6. The van der Waals surface area contributed by atoms with Gasteiger partial charge in [-0.2, -0.15) is 0 Å². The minimum absolute atomic E-state index is 0.662. The van der Waals surface area contributed by atoms with E-state index in [2.05, 4.69) is 159 Å². The number of benzene rings is 6. The van der Waals surface area contributed by atoms with Crippen molar-refractivity contribution in [1.29, 1.82) is 0 Å². The molecule has 0 unspecified atom stereocenters. The van der Waals surface area contributed by atoms with Crippen LogP contribution >= 0.6 is 0 Å². The van der Waals surface area contributed by atoms with Crippen LogP contribution in [0.15, 0.2) is 128 Å². The molecule has 6 rings (SSSR count). The topological polar surface area (TPSA) is 27.7 Å². The lowest BCUT2D eigenvalue weighted by atomic mass is 9.91. The van der Waals surface area contributed by atoms with Gasteiger partial charge in [-0.15, -0.1) is 0 Å². The molecule has 276 valence electrons. The molecule has 0 atom stereocenters. The van der Waals surface area contributed by atoms with Crippen LogP contribution in [0.5, 0.6) is 11.5 Å². The molecule has 0 aliphatic rings. The smallest absolute Gasteiger partial charge is 0.119 e. The Kier molecular flexibility index (Phi) is 14.7. The molecule has 6 aromatic carbocycles. The molecular formula is C51H54O3. The van der Waals surface area contributed by atoms with Crippen molar-refractivity contribution < 1.29 is 14.2 Å². The van der Waals surface area contributed by atoms with Crippen molar-refractivity contribution in [3.8, 4) is 11.5 Å². The lowest BCUT2D eigenvalue weighted by Crippen LogP contribution is -1.99. The summed E-state index contributed by atoms with van der Waals surface area (Å²) < 4.78 is 17.9. The summed E-state index contributed by atoms with van der Waals surface area (Å²) in [5.74, 6) is 1.85. The van der Waals surface area contributed by atoms with Crippen LogP contribution in [0.2, 0.25) is 0 Å². The van der Waals surface area contributed by atoms with Gasteiger partial charge in [0, 0.05) is 6.61 Å². The molecule has 0 heterocycles. The van der Waals surface area contributed by atoms with Gasteiger partial charge in [-0.05, 0) is 105 Å². The summed E-state index contributed by atoms with van der Waals surface area (Å²) in [6.45, 7) is 8.99. The van der Waals surface area contributed by atoms with E-state index < -0.39 is 0 Å². The van der Waals surface area contributed by atoms with Gasteiger partial charge in [0.2, 0.25) is 0 Å².